The molecule has 0 N–H and O–H groups in total. The molecule has 3 nitrogen and oxygen atoms in total. The van der Waals surface area contributed by atoms with Crippen LogP contribution in [0.25, 0.3) is 0 Å². The Morgan fingerprint density at radius 1 is 1.25 bits per heavy atom. The van der Waals surface area contributed by atoms with Crippen LogP contribution in [0.2, 0.25) is 0 Å². The van der Waals surface area contributed by atoms with Gasteiger partial charge in [-0.1, -0.05) is 0 Å². The van der Waals surface area contributed by atoms with Gasteiger partial charge in [-0.05, 0) is 29.5 Å². The van der Waals surface area contributed by atoms with Crippen molar-refractivity contribution in [3.05, 3.63) is 34.4 Å². The Morgan fingerprint density at radius 3 is 2.08 bits per heavy atom. The zero-order valence-corrected chi connectivity index (χ0v) is 7.91. The molecule has 4 heteroatoms. The number of rotatable bonds is 2. The number of nitrogens with zero attached hydrogens (tertiary/aromatic N) is 1. The molecular weight excluding hydrogens is 174 g/mol. The van der Waals surface area contributed by atoms with Crippen LogP contribution in [0.15, 0.2) is 29.2 Å². The maximum Gasteiger partial charge on any atom is 0.269 e. The molecule has 0 amide bonds. The minimum absolute atomic E-state index is 0.150. The second-order valence-electron chi connectivity index (χ2n) is 2.67. The zero-order chi connectivity index (χ0) is 9.14. The third-order valence-corrected chi connectivity index (χ3v) is 2.91. The summed E-state index contributed by atoms with van der Waals surface area (Å²) >= 11 is 0. The van der Waals surface area contributed by atoms with E-state index in [1.54, 1.807) is 12.1 Å². The number of hydrogen-bond acceptors (Lipinski definition) is 2. The smallest absolute Gasteiger partial charge is 0.258 e. The van der Waals surface area contributed by atoms with Crippen LogP contribution in [-0.2, 0) is 0 Å². The van der Waals surface area contributed by atoms with Crippen molar-refractivity contribution in [3.8, 4) is 0 Å². The van der Waals surface area contributed by atoms with E-state index in [4.69, 9.17) is 0 Å². The first-order chi connectivity index (χ1) is 5.61. The van der Waals surface area contributed by atoms with Gasteiger partial charge in [0.2, 0.25) is 0 Å². The number of non-ortho nitro benzene ring substituents is 1. The Kier molecular flexibility index (Phi) is 2.70. The molecule has 0 atom stereocenters. The van der Waals surface area contributed by atoms with E-state index in [0.717, 1.165) is 0 Å². The number of nitro groups is 1. The van der Waals surface area contributed by atoms with Crippen molar-refractivity contribution in [1.29, 1.82) is 0 Å². The molecule has 0 radical (unpaired) electrons. The Balaban J connectivity index is 2.93. The monoisotopic (exact) mass is 185 g/mol. The molecule has 0 aromatic heterocycles. The molecule has 1 aromatic carbocycles. The summed E-state index contributed by atoms with van der Waals surface area (Å²) in [7, 11) is -0.150. The lowest BCUT2D eigenvalue weighted by Crippen LogP contribution is -1.87. The highest BCUT2D eigenvalue weighted by Gasteiger charge is 2.03. The first-order valence-corrected chi connectivity index (χ1v) is 5.76. The van der Waals surface area contributed by atoms with E-state index >= 15 is 0 Å². The summed E-state index contributed by atoms with van der Waals surface area (Å²) in [5.74, 6) is 0. The van der Waals surface area contributed by atoms with E-state index < -0.39 is 0 Å². The van der Waals surface area contributed by atoms with Crippen LogP contribution in [-0.4, -0.2) is 17.4 Å². The van der Waals surface area contributed by atoms with Gasteiger partial charge < -0.3 is 0 Å². The minimum atomic E-state index is -0.378. The molecule has 0 saturated heterocycles. The zero-order valence-electron chi connectivity index (χ0n) is 7.02. The fourth-order valence-corrected chi connectivity index (χ4v) is 1.62. The van der Waals surface area contributed by atoms with Crippen LogP contribution in [0, 0.1) is 10.1 Å². The van der Waals surface area contributed by atoms with Crippen LogP contribution < -0.4 is 0 Å². The normalized spacial score (nSPS) is 11.0. The highest BCUT2D eigenvalue weighted by Crippen LogP contribution is 2.29. The second kappa shape index (κ2) is 3.58. The summed E-state index contributed by atoms with van der Waals surface area (Å²) in [5.41, 5.74) is 0.163. The van der Waals surface area contributed by atoms with Gasteiger partial charge in [0.25, 0.3) is 5.69 Å². The summed E-state index contributed by atoms with van der Waals surface area (Å²) in [6, 6.07) is 6.75. The van der Waals surface area contributed by atoms with Gasteiger partial charge in [-0.15, -0.1) is 0 Å². The minimum Gasteiger partial charge on any atom is -0.258 e. The van der Waals surface area contributed by atoms with Crippen molar-refractivity contribution in [1.82, 2.24) is 0 Å². The second-order valence-corrected chi connectivity index (χ2v) is 4.97. The maximum absolute atomic E-state index is 10.3. The van der Waals surface area contributed by atoms with E-state index in [1.165, 1.54) is 4.90 Å². The van der Waals surface area contributed by atoms with Crippen LogP contribution in [0.4, 0.5) is 5.69 Å². The maximum atomic E-state index is 10.3. The molecule has 0 fully saturated rings. The molecule has 0 aliphatic rings. The van der Waals surface area contributed by atoms with Crippen molar-refractivity contribution in [3.63, 3.8) is 0 Å². The molecule has 66 valence electrons. The van der Waals surface area contributed by atoms with Gasteiger partial charge in [0.15, 0.2) is 0 Å². The van der Waals surface area contributed by atoms with Gasteiger partial charge in [-0.3, -0.25) is 10.1 Å². The molecule has 0 saturated carbocycles. The standard InChI is InChI=1S/C8H11NO2S/c1-12(2)8-5-3-7(4-6-8)9(10)11/h3-6,12H,1-2H3. The molecule has 0 spiro atoms. The van der Waals surface area contributed by atoms with E-state index in [9.17, 15) is 10.1 Å². The highest BCUT2D eigenvalue weighted by molar-refractivity contribution is 8.15. The number of hydrogen-bond donors (Lipinski definition) is 1. The largest absolute Gasteiger partial charge is 0.269 e. The molecule has 1 aromatic rings. The predicted molar refractivity (Wildman–Crippen MR) is 52.2 cm³/mol. The average molecular weight is 185 g/mol. The topological polar surface area (TPSA) is 43.1 Å². The molecule has 0 heterocycles. The Labute approximate surface area is 73.9 Å². The SMILES string of the molecule is C[SH](C)c1ccc([N+](=O)[O-])cc1. The van der Waals surface area contributed by atoms with E-state index in [-0.39, 0.29) is 21.5 Å². The molecule has 0 aliphatic carbocycles. The summed E-state index contributed by atoms with van der Waals surface area (Å²) < 4.78 is 0. The fourth-order valence-electron chi connectivity index (χ4n) is 0.872. The number of thiol groups is 1. The predicted octanol–water partition coefficient (Wildman–Crippen LogP) is 2.21. The molecule has 0 aliphatic heterocycles. The molecule has 0 bridgehead atoms. The summed E-state index contributed by atoms with van der Waals surface area (Å²) in [6.45, 7) is 0. The van der Waals surface area contributed by atoms with E-state index in [2.05, 4.69) is 12.5 Å². The molecule has 1 rings (SSSR count). The Hall–Kier alpha value is -1.03. The molecule has 12 heavy (non-hydrogen) atoms. The van der Waals surface area contributed by atoms with E-state index in [0.29, 0.717) is 0 Å². The highest BCUT2D eigenvalue weighted by atomic mass is 32.2. The molecule has 0 unspecified atom stereocenters. The van der Waals surface area contributed by atoms with Gasteiger partial charge in [0.05, 0.1) is 4.92 Å². The van der Waals surface area contributed by atoms with Crippen LogP contribution >= 0.6 is 10.9 Å². The Morgan fingerprint density at radius 2 is 1.75 bits per heavy atom. The Bertz CT molecular complexity index is 282. The van der Waals surface area contributed by atoms with Gasteiger partial charge in [0.1, 0.15) is 0 Å². The van der Waals surface area contributed by atoms with Gasteiger partial charge in [0, 0.05) is 12.1 Å². The first kappa shape index (κ1) is 9.06. The third kappa shape index (κ3) is 1.98. The average Bonchev–Trinajstić information content (AvgIpc) is 2.04. The van der Waals surface area contributed by atoms with Crippen LogP contribution in [0.5, 0.6) is 0 Å². The molecular formula is C8H11NO2S. The summed E-state index contributed by atoms with van der Waals surface area (Å²) in [6.07, 6.45) is 4.24. The van der Waals surface area contributed by atoms with Crippen molar-refractivity contribution in [2.45, 2.75) is 4.90 Å². The van der Waals surface area contributed by atoms with Crippen molar-refractivity contribution in [2.75, 3.05) is 12.5 Å². The van der Waals surface area contributed by atoms with Crippen molar-refractivity contribution >= 4 is 16.6 Å². The van der Waals surface area contributed by atoms with Crippen molar-refractivity contribution in [2.24, 2.45) is 0 Å². The summed E-state index contributed by atoms with van der Waals surface area (Å²) in [5, 5.41) is 10.3. The quantitative estimate of drug-likeness (QED) is 0.436. The lowest BCUT2D eigenvalue weighted by atomic mass is 10.3. The van der Waals surface area contributed by atoms with Gasteiger partial charge in [-0.2, -0.15) is 0 Å². The third-order valence-electron chi connectivity index (χ3n) is 1.58. The summed E-state index contributed by atoms with van der Waals surface area (Å²) in [4.78, 5) is 11.1. The van der Waals surface area contributed by atoms with Crippen LogP contribution in [0.1, 0.15) is 0 Å². The lowest BCUT2D eigenvalue weighted by Gasteiger charge is -2.07. The van der Waals surface area contributed by atoms with Gasteiger partial charge >= 0.3 is 0 Å². The van der Waals surface area contributed by atoms with Crippen LogP contribution in [0.3, 0.4) is 0 Å². The van der Waals surface area contributed by atoms with Gasteiger partial charge in [-0.25, -0.2) is 10.9 Å². The lowest BCUT2D eigenvalue weighted by molar-refractivity contribution is -0.384. The first-order valence-electron chi connectivity index (χ1n) is 3.53. The fraction of sp³-hybridized carbons (Fsp3) is 0.250. The number of benzene rings is 1. The number of nitro benzene ring substituents is 1. The van der Waals surface area contributed by atoms with Crippen molar-refractivity contribution < 1.29 is 4.92 Å². The van der Waals surface area contributed by atoms with E-state index in [1.807, 2.05) is 12.1 Å².